The van der Waals surface area contributed by atoms with Crippen LogP contribution >= 0.6 is 11.6 Å². The number of nitriles is 1. The standard InChI is InChI=1S/C13H8ClN3O/c14-13-9(4-3-7-17-13)12(18)10(8-15)11-5-1-2-6-16-11/h1-7,18H/b12-10-. The van der Waals surface area contributed by atoms with E-state index in [2.05, 4.69) is 9.97 Å². The van der Waals surface area contributed by atoms with Crippen molar-refractivity contribution in [1.29, 1.82) is 5.26 Å². The number of aliphatic hydroxyl groups excluding tert-OH is 1. The van der Waals surface area contributed by atoms with Crippen LogP contribution in [0.2, 0.25) is 5.15 Å². The number of aromatic nitrogens is 2. The molecular formula is C13H8ClN3O. The van der Waals surface area contributed by atoms with E-state index in [4.69, 9.17) is 16.9 Å². The maximum Gasteiger partial charge on any atom is 0.145 e. The minimum absolute atomic E-state index is 0.0606. The lowest BCUT2D eigenvalue weighted by Crippen LogP contribution is -1.94. The molecule has 5 heteroatoms. The molecule has 0 radical (unpaired) electrons. The van der Waals surface area contributed by atoms with E-state index < -0.39 is 0 Å². The molecule has 18 heavy (non-hydrogen) atoms. The second-order valence-electron chi connectivity index (χ2n) is 3.39. The molecule has 2 aromatic heterocycles. The molecule has 0 spiro atoms. The first-order valence-electron chi connectivity index (χ1n) is 5.09. The Balaban J connectivity index is 2.59. The van der Waals surface area contributed by atoms with E-state index in [0.29, 0.717) is 11.3 Å². The van der Waals surface area contributed by atoms with Gasteiger partial charge in [0.2, 0.25) is 0 Å². The third kappa shape index (κ3) is 2.31. The molecule has 4 nitrogen and oxygen atoms in total. The lowest BCUT2D eigenvalue weighted by molar-refractivity contribution is 0.513. The molecule has 0 fully saturated rings. The third-order valence-electron chi connectivity index (χ3n) is 2.28. The van der Waals surface area contributed by atoms with Crippen molar-refractivity contribution in [3.05, 3.63) is 59.1 Å². The minimum atomic E-state index is -0.227. The van der Waals surface area contributed by atoms with Crippen molar-refractivity contribution in [3.63, 3.8) is 0 Å². The van der Waals surface area contributed by atoms with Crippen molar-refractivity contribution >= 4 is 22.9 Å². The van der Waals surface area contributed by atoms with Gasteiger partial charge < -0.3 is 5.11 Å². The molecule has 0 saturated carbocycles. The maximum atomic E-state index is 10.1. The van der Waals surface area contributed by atoms with E-state index in [1.807, 2.05) is 6.07 Å². The Bertz CT molecular complexity index is 632. The minimum Gasteiger partial charge on any atom is -0.506 e. The van der Waals surface area contributed by atoms with Gasteiger partial charge in [-0.25, -0.2) is 4.98 Å². The highest BCUT2D eigenvalue weighted by molar-refractivity contribution is 6.31. The van der Waals surface area contributed by atoms with E-state index >= 15 is 0 Å². The molecule has 0 aliphatic heterocycles. The zero-order valence-electron chi connectivity index (χ0n) is 9.21. The van der Waals surface area contributed by atoms with Crippen LogP contribution in [-0.2, 0) is 0 Å². The van der Waals surface area contributed by atoms with Crippen molar-refractivity contribution in [3.8, 4) is 6.07 Å². The summed E-state index contributed by atoms with van der Waals surface area (Å²) in [5, 5.41) is 19.4. The number of aliphatic hydroxyl groups is 1. The second kappa shape index (κ2) is 5.30. The van der Waals surface area contributed by atoms with E-state index in [-0.39, 0.29) is 16.5 Å². The maximum absolute atomic E-state index is 10.1. The number of halogens is 1. The topological polar surface area (TPSA) is 69.8 Å². The monoisotopic (exact) mass is 257 g/mol. The fourth-order valence-electron chi connectivity index (χ4n) is 1.44. The Hall–Kier alpha value is -2.38. The summed E-state index contributed by atoms with van der Waals surface area (Å²) in [4.78, 5) is 7.87. The van der Waals surface area contributed by atoms with Crippen LogP contribution in [0.5, 0.6) is 0 Å². The van der Waals surface area contributed by atoms with Crippen LogP contribution < -0.4 is 0 Å². The van der Waals surface area contributed by atoms with Crippen LogP contribution in [0.4, 0.5) is 0 Å². The number of hydrogen-bond acceptors (Lipinski definition) is 4. The first kappa shape index (κ1) is 12.1. The van der Waals surface area contributed by atoms with Gasteiger partial charge in [-0.3, -0.25) is 4.98 Å². The molecule has 0 bridgehead atoms. The Kier molecular flexibility index (Phi) is 3.56. The number of rotatable bonds is 2. The van der Waals surface area contributed by atoms with Gasteiger partial charge in [-0.15, -0.1) is 0 Å². The van der Waals surface area contributed by atoms with Crippen LogP contribution in [0.3, 0.4) is 0 Å². The van der Waals surface area contributed by atoms with Crippen LogP contribution in [0.1, 0.15) is 11.3 Å². The fourth-order valence-corrected chi connectivity index (χ4v) is 1.65. The first-order valence-corrected chi connectivity index (χ1v) is 5.47. The summed E-state index contributed by atoms with van der Waals surface area (Å²) in [7, 11) is 0. The number of hydrogen-bond donors (Lipinski definition) is 1. The average molecular weight is 258 g/mol. The van der Waals surface area contributed by atoms with Crippen LogP contribution in [-0.4, -0.2) is 15.1 Å². The normalized spacial score (nSPS) is 11.6. The lowest BCUT2D eigenvalue weighted by atomic mass is 10.1. The summed E-state index contributed by atoms with van der Waals surface area (Å²) in [6, 6.07) is 10.2. The number of nitrogens with zero attached hydrogens (tertiary/aromatic N) is 3. The molecule has 0 aliphatic carbocycles. The molecule has 0 atom stereocenters. The van der Waals surface area contributed by atoms with Gasteiger partial charge in [0.1, 0.15) is 22.6 Å². The van der Waals surface area contributed by atoms with Gasteiger partial charge in [0.05, 0.1) is 11.3 Å². The molecule has 2 aromatic rings. The summed E-state index contributed by atoms with van der Waals surface area (Å²) in [6.07, 6.45) is 3.05. The molecule has 2 rings (SSSR count). The molecule has 0 unspecified atom stereocenters. The van der Waals surface area contributed by atoms with E-state index in [1.54, 1.807) is 36.5 Å². The molecular weight excluding hydrogens is 250 g/mol. The Morgan fingerprint density at radius 3 is 2.56 bits per heavy atom. The summed E-state index contributed by atoms with van der Waals surface area (Å²) in [5.41, 5.74) is 0.754. The highest BCUT2D eigenvalue weighted by Gasteiger charge is 2.14. The third-order valence-corrected chi connectivity index (χ3v) is 2.59. The average Bonchev–Trinajstić information content (AvgIpc) is 2.41. The molecule has 88 valence electrons. The van der Waals surface area contributed by atoms with Gasteiger partial charge in [0.25, 0.3) is 0 Å². The Morgan fingerprint density at radius 1 is 1.17 bits per heavy atom. The Morgan fingerprint density at radius 2 is 1.94 bits per heavy atom. The molecule has 2 heterocycles. The largest absolute Gasteiger partial charge is 0.506 e. The quantitative estimate of drug-likeness (QED) is 0.510. The van der Waals surface area contributed by atoms with Crippen LogP contribution in [0.15, 0.2) is 42.7 Å². The van der Waals surface area contributed by atoms with Crippen molar-refractivity contribution in [2.45, 2.75) is 0 Å². The van der Waals surface area contributed by atoms with Crippen molar-refractivity contribution in [1.82, 2.24) is 9.97 Å². The summed E-state index contributed by atoms with van der Waals surface area (Å²) in [5.74, 6) is -0.227. The van der Waals surface area contributed by atoms with E-state index in [1.165, 1.54) is 6.20 Å². The smallest absolute Gasteiger partial charge is 0.145 e. The van der Waals surface area contributed by atoms with Crippen molar-refractivity contribution in [2.75, 3.05) is 0 Å². The number of pyridine rings is 2. The SMILES string of the molecule is N#C/C(=C(/O)c1cccnc1Cl)c1ccccn1. The van der Waals surface area contributed by atoms with Gasteiger partial charge in [0.15, 0.2) is 0 Å². The van der Waals surface area contributed by atoms with E-state index in [9.17, 15) is 5.11 Å². The zero-order valence-corrected chi connectivity index (χ0v) is 9.96. The summed E-state index contributed by atoms with van der Waals surface area (Å²) in [6.45, 7) is 0. The highest BCUT2D eigenvalue weighted by atomic mass is 35.5. The summed E-state index contributed by atoms with van der Waals surface area (Å²) < 4.78 is 0. The Labute approximate surface area is 109 Å². The van der Waals surface area contributed by atoms with Gasteiger partial charge in [-0.2, -0.15) is 5.26 Å². The first-order chi connectivity index (χ1) is 8.74. The molecule has 0 aromatic carbocycles. The van der Waals surface area contributed by atoms with Crippen LogP contribution in [0.25, 0.3) is 11.3 Å². The molecule has 0 amide bonds. The zero-order chi connectivity index (χ0) is 13.0. The van der Waals surface area contributed by atoms with Crippen LogP contribution in [0, 0.1) is 11.3 Å². The summed E-state index contributed by atoms with van der Waals surface area (Å²) >= 11 is 5.87. The predicted molar refractivity (Wildman–Crippen MR) is 68.5 cm³/mol. The van der Waals surface area contributed by atoms with Crippen molar-refractivity contribution < 1.29 is 5.11 Å². The van der Waals surface area contributed by atoms with Gasteiger partial charge in [-0.1, -0.05) is 17.7 Å². The lowest BCUT2D eigenvalue weighted by Gasteiger charge is -2.05. The molecule has 0 saturated heterocycles. The highest BCUT2D eigenvalue weighted by Crippen LogP contribution is 2.26. The molecule has 1 N–H and O–H groups in total. The molecule has 0 aliphatic rings. The van der Waals surface area contributed by atoms with Crippen molar-refractivity contribution in [2.24, 2.45) is 0 Å². The number of allylic oxidation sites excluding steroid dienone is 1. The van der Waals surface area contributed by atoms with E-state index in [0.717, 1.165) is 0 Å². The van der Waals surface area contributed by atoms with Gasteiger partial charge in [-0.05, 0) is 24.3 Å². The predicted octanol–water partition coefficient (Wildman–Crippen LogP) is 3.08. The van der Waals surface area contributed by atoms with Gasteiger partial charge >= 0.3 is 0 Å². The second-order valence-corrected chi connectivity index (χ2v) is 3.75. The fraction of sp³-hybridized carbons (Fsp3) is 0. The van der Waals surface area contributed by atoms with Gasteiger partial charge in [0, 0.05) is 12.4 Å².